The maximum absolute atomic E-state index is 5.90. The lowest BCUT2D eigenvalue weighted by atomic mass is 10.2. The molecule has 0 spiro atoms. The topological polar surface area (TPSA) is 18.5 Å². The van der Waals surface area contributed by atoms with E-state index < -0.39 is 0 Å². The number of rotatable bonds is 7. The van der Waals surface area contributed by atoms with Crippen LogP contribution in [0.4, 0.5) is 0 Å². The molecule has 2 rings (SSSR count). The molecule has 106 valence electrons. The first-order valence-corrected chi connectivity index (χ1v) is 8.48. The van der Waals surface area contributed by atoms with Crippen molar-refractivity contribution in [3.63, 3.8) is 0 Å². The Labute approximate surface area is 132 Å². The number of benzene rings is 2. The predicted molar refractivity (Wildman–Crippen MR) is 88.3 cm³/mol. The number of para-hydroxylation sites is 1. The van der Waals surface area contributed by atoms with E-state index in [1.807, 2.05) is 36.4 Å². The Morgan fingerprint density at radius 2 is 1.85 bits per heavy atom. The smallest absolute Gasteiger partial charge is 0.165 e. The average Bonchev–Trinajstić information content (AvgIpc) is 2.52. The van der Waals surface area contributed by atoms with Gasteiger partial charge in [-0.25, -0.2) is 0 Å². The Morgan fingerprint density at radius 3 is 2.55 bits per heavy atom. The van der Waals surface area contributed by atoms with Crippen LogP contribution in [0.25, 0.3) is 0 Å². The summed E-state index contributed by atoms with van der Waals surface area (Å²) in [6, 6.07) is 16.3. The summed E-state index contributed by atoms with van der Waals surface area (Å²) in [5, 5.41) is 0.755. The van der Waals surface area contributed by atoms with Gasteiger partial charge in [0.1, 0.15) is 0 Å². The lowest BCUT2D eigenvalue weighted by Gasteiger charge is -2.13. The molecule has 0 aromatic heterocycles. The Balaban J connectivity index is 1.90. The highest BCUT2D eigenvalue weighted by atomic mass is 79.9. The van der Waals surface area contributed by atoms with Crippen LogP contribution in [0, 0.1) is 0 Å². The van der Waals surface area contributed by atoms with Gasteiger partial charge in [0.15, 0.2) is 11.5 Å². The van der Waals surface area contributed by atoms with Gasteiger partial charge < -0.3 is 9.47 Å². The zero-order chi connectivity index (χ0) is 14.2. The molecule has 0 unspecified atom stereocenters. The number of ether oxygens (including phenoxy) is 2. The molecule has 0 saturated heterocycles. The van der Waals surface area contributed by atoms with Gasteiger partial charge in [-0.05, 0) is 18.2 Å². The molecule has 0 atom stereocenters. The Morgan fingerprint density at radius 1 is 1.05 bits per heavy atom. The first-order valence-electron chi connectivity index (χ1n) is 6.37. The molecular weight excluding hydrogens is 336 g/mol. The lowest BCUT2D eigenvalue weighted by molar-refractivity contribution is 0.311. The first-order chi connectivity index (χ1) is 9.85. The molecule has 0 saturated carbocycles. The highest BCUT2D eigenvalue weighted by Crippen LogP contribution is 2.32. The zero-order valence-corrected chi connectivity index (χ0v) is 13.7. The molecule has 0 N–H and O–H groups in total. The predicted octanol–water partition coefficient (Wildman–Crippen LogP) is 4.76. The van der Waals surface area contributed by atoms with E-state index >= 15 is 0 Å². The van der Waals surface area contributed by atoms with Gasteiger partial charge in [0.05, 0.1) is 13.7 Å². The molecule has 0 heterocycles. The maximum Gasteiger partial charge on any atom is 0.165 e. The van der Waals surface area contributed by atoms with Gasteiger partial charge in [0.2, 0.25) is 0 Å². The Hall–Kier alpha value is -1.13. The summed E-state index contributed by atoms with van der Waals surface area (Å²) in [6.45, 7) is 0.653. The monoisotopic (exact) mass is 352 g/mol. The van der Waals surface area contributed by atoms with E-state index in [-0.39, 0.29) is 0 Å². The first kappa shape index (κ1) is 15.3. The van der Waals surface area contributed by atoms with E-state index in [9.17, 15) is 0 Å². The molecule has 0 fully saturated rings. The third-order valence-electron chi connectivity index (χ3n) is 2.77. The fourth-order valence-electron chi connectivity index (χ4n) is 1.81. The molecular formula is C16H17BrO2S. The quantitative estimate of drug-likeness (QED) is 0.406. The lowest BCUT2D eigenvalue weighted by Crippen LogP contribution is -2.03. The molecule has 20 heavy (non-hydrogen) atoms. The van der Waals surface area contributed by atoms with Crippen LogP contribution in [0.2, 0.25) is 0 Å². The minimum Gasteiger partial charge on any atom is -0.493 e. The number of thioether (sulfide) groups is 1. The van der Waals surface area contributed by atoms with E-state index in [2.05, 4.69) is 28.1 Å². The van der Waals surface area contributed by atoms with Crippen LogP contribution in [0.15, 0.2) is 53.4 Å². The second-order valence-corrected chi connectivity index (χ2v) is 5.82. The zero-order valence-electron chi connectivity index (χ0n) is 11.3. The maximum atomic E-state index is 5.90. The molecule has 0 amide bonds. The van der Waals surface area contributed by atoms with Gasteiger partial charge in [-0.3, -0.25) is 0 Å². The van der Waals surface area contributed by atoms with Gasteiger partial charge in [0.25, 0.3) is 0 Å². The highest BCUT2D eigenvalue weighted by Gasteiger charge is 2.09. The molecule has 0 radical (unpaired) electrons. The van der Waals surface area contributed by atoms with E-state index in [1.165, 1.54) is 4.90 Å². The van der Waals surface area contributed by atoms with Crippen LogP contribution in [0.1, 0.15) is 5.56 Å². The standard InChI is InChI=1S/C16H17BrO2S/c1-18-15-9-5-6-13(12-17)16(15)19-10-11-20-14-7-3-2-4-8-14/h2-9H,10-12H2,1H3. The van der Waals surface area contributed by atoms with Crippen molar-refractivity contribution in [2.45, 2.75) is 10.2 Å². The van der Waals surface area contributed by atoms with E-state index in [0.29, 0.717) is 6.61 Å². The van der Waals surface area contributed by atoms with Gasteiger partial charge in [-0.1, -0.05) is 46.3 Å². The van der Waals surface area contributed by atoms with Crippen molar-refractivity contribution in [3.05, 3.63) is 54.1 Å². The summed E-state index contributed by atoms with van der Waals surface area (Å²) < 4.78 is 11.2. The van der Waals surface area contributed by atoms with Crippen LogP contribution in [-0.2, 0) is 5.33 Å². The van der Waals surface area contributed by atoms with Crippen LogP contribution in [0.5, 0.6) is 11.5 Å². The van der Waals surface area contributed by atoms with Crippen molar-refractivity contribution in [1.29, 1.82) is 0 Å². The molecule has 2 aromatic rings. The summed E-state index contributed by atoms with van der Waals surface area (Å²) >= 11 is 5.27. The minimum atomic E-state index is 0.653. The minimum absolute atomic E-state index is 0.653. The van der Waals surface area contributed by atoms with E-state index in [4.69, 9.17) is 9.47 Å². The number of methoxy groups -OCH3 is 1. The molecule has 0 bridgehead atoms. The van der Waals surface area contributed by atoms with Crippen molar-refractivity contribution < 1.29 is 9.47 Å². The van der Waals surface area contributed by atoms with Gasteiger partial charge in [0, 0.05) is 21.5 Å². The summed E-state index contributed by atoms with van der Waals surface area (Å²) in [6.07, 6.45) is 0. The molecule has 2 nitrogen and oxygen atoms in total. The summed E-state index contributed by atoms with van der Waals surface area (Å²) in [5.41, 5.74) is 1.11. The summed E-state index contributed by atoms with van der Waals surface area (Å²) in [5.74, 6) is 2.52. The van der Waals surface area contributed by atoms with Crippen molar-refractivity contribution in [1.82, 2.24) is 0 Å². The highest BCUT2D eigenvalue weighted by molar-refractivity contribution is 9.08. The molecule has 0 aliphatic rings. The number of hydrogen-bond donors (Lipinski definition) is 0. The number of halogens is 1. The van der Waals surface area contributed by atoms with Gasteiger partial charge in [-0.15, -0.1) is 11.8 Å². The molecule has 4 heteroatoms. The van der Waals surface area contributed by atoms with Crippen molar-refractivity contribution in [2.24, 2.45) is 0 Å². The van der Waals surface area contributed by atoms with Crippen molar-refractivity contribution in [3.8, 4) is 11.5 Å². The van der Waals surface area contributed by atoms with Crippen LogP contribution >= 0.6 is 27.7 Å². The number of hydrogen-bond acceptors (Lipinski definition) is 3. The van der Waals surface area contributed by atoms with Crippen LogP contribution in [0.3, 0.4) is 0 Å². The molecule has 0 aliphatic heterocycles. The molecule has 2 aromatic carbocycles. The van der Waals surface area contributed by atoms with Gasteiger partial charge >= 0.3 is 0 Å². The van der Waals surface area contributed by atoms with Crippen molar-refractivity contribution >= 4 is 27.7 Å². The Kier molecular flexibility index (Phi) is 6.27. The average molecular weight is 353 g/mol. The second kappa shape index (κ2) is 8.22. The largest absolute Gasteiger partial charge is 0.493 e. The summed E-state index contributed by atoms with van der Waals surface area (Å²) in [4.78, 5) is 1.26. The second-order valence-electron chi connectivity index (χ2n) is 4.09. The number of alkyl halides is 1. The SMILES string of the molecule is COc1cccc(CBr)c1OCCSc1ccccc1. The van der Waals surface area contributed by atoms with E-state index in [1.54, 1.807) is 18.9 Å². The van der Waals surface area contributed by atoms with Crippen LogP contribution in [-0.4, -0.2) is 19.5 Å². The van der Waals surface area contributed by atoms with Crippen molar-refractivity contribution in [2.75, 3.05) is 19.5 Å². The van der Waals surface area contributed by atoms with E-state index in [0.717, 1.165) is 28.1 Å². The fraction of sp³-hybridized carbons (Fsp3) is 0.250. The van der Waals surface area contributed by atoms with Crippen LogP contribution < -0.4 is 9.47 Å². The third-order valence-corrected chi connectivity index (χ3v) is 4.35. The summed E-state index contributed by atoms with van der Waals surface area (Å²) in [7, 11) is 1.67. The normalized spacial score (nSPS) is 10.3. The Bertz CT molecular complexity index is 509. The van der Waals surface area contributed by atoms with Gasteiger partial charge in [-0.2, -0.15) is 0 Å². The molecule has 0 aliphatic carbocycles. The third kappa shape index (κ3) is 4.18. The fourth-order valence-corrected chi connectivity index (χ4v) is 3.00.